The lowest BCUT2D eigenvalue weighted by Gasteiger charge is -2.13. The van der Waals surface area contributed by atoms with E-state index >= 15 is 0 Å². The third-order valence-corrected chi connectivity index (χ3v) is 3.10. The van der Waals surface area contributed by atoms with E-state index in [9.17, 15) is 0 Å². The summed E-state index contributed by atoms with van der Waals surface area (Å²) in [6.45, 7) is 5.07. The van der Waals surface area contributed by atoms with Crippen molar-refractivity contribution in [2.24, 2.45) is 7.05 Å². The molecule has 2 aromatic rings. The lowest BCUT2D eigenvalue weighted by molar-refractivity contribution is 0.589. The molecule has 0 radical (unpaired) electrons. The summed E-state index contributed by atoms with van der Waals surface area (Å²) in [7, 11) is 1.95. The van der Waals surface area contributed by atoms with Crippen molar-refractivity contribution >= 4 is 11.6 Å². The average Bonchev–Trinajstić information content (AvgIpc) is 2.73. The van der Waals surface area contributed by atoms with Gasteiger partial charge in [0, 0.05) is 36.4 Å². The minimum absolute atomic E-state index is 0.448. The number of nitrogens with one attached hydrogen (secondary N) is 1. The highest BCUT2D eigenvalue weighted by Gasteiger charge is 2.09. The molecule has 0 saturated heterocycles. The van der Waals surface area contributed by atoms with Crippen LogP contribution in [-0.2, 0) is 13.6 Å². The Hall–Kier alpha value is -1.32. The first kappa shape index (κ1) is 13.1. The van der Waals surface area contributed by atoms with Gasteiger partial charge in [0.05, 0.1) is 5.69 Å². The first-order valence-electron chi connectivity index (χ1n) is 6.08. The molecule has 2 rings (SSSR count). The Bertz CT molecular complexity index is 532. The van der Waals surface area contributed by atoms with Crippen molar-refractivity contribution in [3.05, 3.63) is 41.0 Å². The third-order valence-electron chi connectivity index (χ3n) is 2.86. The molecule has 0 atom stereocenters. The van der Waals surface area contributed by atoms with Gasteiger partial charge in [0.25, 0.3) is 0 Å². The van der Waals surface area contributed by atoms with Crippen LogP contribution in [0.1, 0.15) is 19.4 Å². The van der Waals surface area contributed by atoms with E-state index in [2.05, 4.69) is 30.3 Å². The normalized spacial score (nSPS) is 11.2. The van der Waals surface area contributed by atoms with E-state index in [0.29, 0.717) is 6.04 Å². The molecule has 18 heavy (non-hydrogen) atoms. The van der Waals surface area contributed by atoms with E-state index in [0.717, 1.165) is 17.3 Å². The maximum absolute atomic E-state index is 6.08. The van der Waals surface area contributed by atoms with Crippen LogP contribution in [-0.4, -0.2) is 15.8 Å². The molecule has 0 amide bonds. The predicted molar refractivity (Wildman–Crippen MR) is 75.6 cm³/mol. The van der Waals surface area contributed by atoms with Crippen LogP contribution in [0.3, 0.4) is 0 Å². The summed E-state index contributed by atoms with van der Waals surface area (Å²) in [6, 6.07) is 8.45. The zero-order valence-electron chi connectivity index (χ0n) is 10.9. The van der Waals surface area contributed by atoms with Gasteiger partial charge in [-0.3, -0.25) is 4.68 Å². The van der Waals surface area contributed by atoms with Crippen LogP contribution in [0.15, 0.2) is 30.5 Å². The Kier molecular flexibility index (Phi) is 4.04. The molecule has 0 spiro atoms. The number of benzene rings is 1. The Morgan fingerprint density at radius 3 is 2.72 bits per heavy atom. The number of aromatic nitrogens is 2. The fourth-order valence-corrected chi connectivity index (χ4v) is 2.11. The largest absolute Gasteiger partial charge is 0.310 e. The van der Waals surface area contributed by atoms with E-state index < -0.39 is 0 Å². The third kappa shape index (κ3) is 2.92. The van der Waals surface area contributed by atoms with Gasteiger partial charge < -0.3 is 5.32 Å². The topological polar surface area (TPSA) is 29.9 Å². The van der Waals surface area contributed by atoms with Gasteiger partial charge in [0.1, 0.15) is 0 Å². The Labute approximate surface area is 113 Å². The highest BCUT2D eigenvalue weighted by atomic mass is 35.5. The number of aryl methyl sites for hydroxylation is 1. The summed E-state index contributed by atoms with van der Waals surface area (Å²) in [5, 5.41) is 8.40. The van der Waals surface area contributed by atoms with Crippen molar-refractivity contribution in [1.29, 1.82) is 0 Å². The molecule has 1 aromatic heterocycles. The first-order chi connectivity index (χ1) is 8.58. The zero-order chi connectivity index (χ0) is 13.1. The van der Waals surface area contributed by atoms with Crippen LogP contribution >= 0.6 is 11.6 Å². The lowest BCUT2D eigenvalue weighted by Crippen LogP contribution is -2.22. The van der Waals surface area contributed by atoms with E-state index in [1.807, 2.05) is 36.1 Å². The quantitative estimate of drug-likeness (QED) is 0.918. The summed E-state index contributed by atoms with van der Waals surface area (Å²) in [6.07, 6.45) is 1.81. The van der Waals surface area contributed by atoms with Crippen molar-refractivity contribution in [3.63, 3.8) is 0 Å². The molecule has 0 aliphatic carbocycles. The number of halogens is 1. The van der Waals surface area contributed by atoms with Gasteiger partial charge >= 0.3 is 0 Å². The number of hydrogen-bond donors (Lipinski definition) is 1. The van der Waals surface area contributed by atoms with Crippen molar-refractivity contribution in [3.8, 4) is 11.3 Å². The van der Waals surface area contributed by atoms with Crippen molar-refractivity contribution in [2.45, 2.75) is 26.4 Å². The van der Waals surface area contributed by atoms with Crippen LogP contribution in [0.25, 0.3) is 11.3 Å². The molecule has 96 valence electrons. The molecule has 0 fully saturated rings. The molecule has 3 nitrogen and oxygen atoms in total. The van der Waals surface area contributed by atoms with Gasteiger partial charge in [-0.2, -0.15) is 5.10 Å². The maximum atomic E-state index is 6.08. The van der Waals surface area contributed by atoms with E-state index in [-0.39, 0.29) is 0 Å². The summed E-state index contributed by atoms with van der Waals surface area (Å²) in [5.41, 5.74) is 3.47. The molecule has 1 aromatic carbocycles. The van der Waals surface area contributed by atoms with Gasteiger partial charge in [0.2, 0.25) is 0 Å². The van der Waals surface area contributed by atoms with Crippen molar-refractivity contribution in [1.82, 2.24) is 15.1 Å². The minimum Gasteiger partial charge on any atom is -0.310 e. The maximum Gasteiger partial charge on any atom is 0.0682 e. The second-order valence-corrected chi connectivity index (χ2v) is 5.11. The number of rotatable bonds is 4. The molecule has 0 saturated carbocycles. The first-order valence-corrected chi connectivity index (χ1v) is 6.46. The molecule has 0 aliphatic heterocycles. The van der Waals surface area contributed by atoms with Crippen LogP contribution in [0.5, 0.6) is 0 Å². The van der Waals surface area contributed by atoms with Crippen molar-refractivity contribution < 1.29 is 0 Å². The fourth-order valence-electron chi connectivity index (χ4n) is 1.91. The monoisotopic (exact) mass is 263 g/mol. The lowest BCUT2D eigenvalue weighted by atomic mass is 10.0. The Morgan fingerprint density at radius 1 is 1.33 bits per heavy atom. The summed E-state index contributed by atoms with van der Waals surface area (Å²) in [5.74, 6) is 0. The van der Waals surface area contributed by atoms with Gasteiger partial charge in [-0.25, -0.2) is 0 Å². The second-order valence-electron chi connectivity index (χ2n) is 4.68. The predicted octanol–water partition coefficient (Wildman–Crippen LogP) is 3.24. The molecule has 1 N–H and O–H groups in total. The second kappa shape index (κ2) is 5.55. The van der Waals surface area contributed by atoms with Crippen LogP contribution in [0.2, 0.25) is 5.02 Å². The highest BCUT2D eigenvalue weighted by molar-refractivity contribution is 6.30. The van der Waals surface area contributed by atoms with Crippen LogP contribution in [0, 0.1) is 0 Å². The van der Waals surface area contributed by atoms with E-state index in [1.54, 1.807) is 0 Å². The van der Waals surface area contributed by atoms with Gasteiger partial charge in [-0.05, 0) is 23.8 Å². The van der Waals surface area contributed by atoms with Crippen LogP contribution in [0.4, 0.5) is 0 Å². The Morgan fingerprint density at radius 2 is 2.11 bits per heavy atom. The standard InChI is InChI=1S/C14H18ClN3/c1-10(2)16-9-11-8-12(15)4-5-13(11)14-6-7-17-18(14)3/h4-8,10,16H,9H2,1-3H3. The van der Waals surface area contributed by atoms with Gasteiger partial charge in [0.15, 0.2) is 0 Å². The molecule has 4 heteroatoms. The minimum atomic E-state index is 0.448. The van der Waals surface area contributed by atoms with Crippen LogP contribution < -0.4 is 5.32 Å². The summed E-state index contributed by atoms with van der Waals surface area (Å²) < 4.78 is 1.88. The average molecular weight is 264 g/mol. The fraction of sp³-hybridized carbons (Fsp3) is 0.357. The molecule has 0 aliphatic rings. The van der Waals surface area contributed by atoms with Crippen molar-refractivity contribution in [2.75, 3.05) is 0 Å². The molecular weight excluding hydrogens is 246 g/mol. The number of nitrogens with zero attached hydrogens (tertiary/aromatic N) is 2. The van der Waals surface area contributed by atoms with Gasteiger partial charge in [-0.15, -0.1) is 0 Å². The summed E-state index contributed by atoms with van der Waals surface area (Å²) in [4.78, 5) is 0. The molecule has 0 bridgehead atoms. The SMILES string of the molecule is CC(C)NCc1cc(Cl)ccc1-c1ccnn1C. The molecule has 0 unspecified atom stereocenters. The zero-order valence-corrected chi connectivity index (χ0v) is 11.7. The number of hydrogen-bond acceptors (Lipinski definition) is 2. The molecular formula is C14H18ClN3. The smallest absolute Gasteiger partial charge is 0.0682 e. The highest BCUT2D eigenvalue weighted by Crippen LogP contribution is 2.26. The van der Waals surface area contributed by atoms with E-state index in [4.69, 9.17) is 11.6 Å². The van der Waals surface area contributed by atoms with Gasteiger partial charge in [-0.1, -0.05) is 31.5 Å². The summed E-state index contributed by atoms with van der Waals surface area (Å²) >= 11 is 6.08. The molecule has 1 heterocycles. The Balaban J connectivity index is 2.37. The van der Waals surface area contributed by atoms with E-state index in [1.165, 1.54) is 11.1 Å².